The van der Waals surface area contributed by atoms with Crippen LogP contribution in [0.1, 0.15) is 30.1 Å². The maximum Gasteiger partial charge on any atom is 0.248 e. The summed E-state index contributed by atoms with van der Waals surface area (Å²) < 4.78 is 0. The Hall–Kier alpha value is -1.88. The molecule has 1 aromatic rings. The van der Waals surface area contributed by atoms with Crippen LogP contribution in [-0.4, -0.2) is 18.4 Å². The lowest BCUT2D eigenvalue weighted by atomic mass is 10.0. The van der Waals surface area contributed by atoms with Gasteiger partial charge in [0.05, 0.1) is 0 Å². The number of nitrogens with one attached hydrogen (secondary N) is 1. The molecule has 5 N–H and O–H groups in total. The molecule has 0 bridgehead atoms. The van der Waals surface area contributed by atoms with E-state index in [0.717, 1.165) is 12.8 Å². The highest BCUT2D eigenvalue weighted by Gasteiger charge is 2.12. The predicted octanol–water partition coefficient (Wildman–Crippen LogP) is 1.10. The molecule has 0 saturated heterocycles. The van der Waals surface area contributed by atoms with Gasteiger partial charge in [-0.15, -0.1) is 0 Å². The van der Waals surface area contributed by atoms with Gasteiger partial charge in [0, 0.05) is 17.2 Å². The molecule has 5 nitrogen and oxygen atoms in total. The van der Waals surface area contributed by atoms with Crippen molar-refractivity contribution >= 4 is 17.5 Å². The first-order valence-electron chi connectivity index (χ1n) is 5.95. The number of nitrogens with two attached hydrogens (primary N) is 2. The zero-order chi connectivity index (χ0) is 13.5. The number of hydrogen-bond donors (Lipinski definition) is 3. The fourth-order valence-electron chi connectivity index (χ4n) is 1.57. The second kappa shape index (κ2) is 6.76. The van der Waals surface area contributed by atoms with E-state index in [1.165, 1.54) is 0 Å². The van der Waals surface area contributed by atoms with Gasteiger partial charge in [0.15, 0.2) is 0 Å². The Kier molecular flexibility index (Phi) is 5.32. The van der Waals surface area contributed by atoms with E-state index >= 15 is 0 Å². The van der Waals surface area contributed by atoms with Crippen LogP contribution in [0.25, 0.3) is 0 Å². The molecule has 0 radical (unpaired) electrons. The molecular weight excluding hydrogens is 230 g/mol. The molecule has 1 unspecified atom stereocenters. The van der Waals surface area contributed by atoms with Crippen molar-refractivity contribution in [1.29, 1.82) is 0 Å². The molecule has 18 heavy (non-hydrogen) atoms. The van der Waals surface area contributed by atoms with Crippen LogP contribution in [0.5, 0.6) is 0 Å². The molecule has 0 aliphatic carbocycles. The van der Waals surface area contributed by atoms with E-state index in [4.69, 9.17) is 11.5 Å². The van der Waals surface area contributed by atoms with Crippen molar-refractivity contribution in [2.24, 2.45) is 17.4 Å². The molecule has 0 aromatic heterocycles. The van der Waals surface area contributed by atoms with Gasteiger partial charge >= 0.3 is 0 Å². The Morgan fingerprint density at radius 1 is 1.39 bits per heavy atom. The highest BCUT2D eigenvalue weighted by atomic mass is 16.2. The highest BCUT2D eigenvalue weighted by Crippen LogP contribution is 2.13. The summed E-state index contributed by atoms with van der Waals surface area (Å²) in [5.74, 6) is -0.696. The molecular formula is C13H19N3O2. The summed E-state index contributed by atoms with van der Waals surface area (Å²) in [6, 6.07) is 6.58. The largest absolute Gasteiger partial charge is 0.366 e. The van der Waals surface area contributed by atoms with Crippen LogP contribution < -0.4 is 16.8 Å². The van der Waals surface area contributed by atoms with Crippen LogP contribution in [-0.2, 0) is 4.79 Å². The average molecular weight is 249 g/mol. The number of carbonyl (C=O) groups excluding carboxylic acids is 2. The van der Waals surface area contributed by atoms with Gasteiger partial charge in [-0.05, 0) is 37.6 Å². The number of amides is 2. The van der Waals surface area contributed by atoms with E-state index < -0.39 is 5.91 Å². The minimum Gasteiger partial charge on any atom is -0.366 e. The summed E-state index contributed by atoms with van der Waals surface area (Å²) in [7, 11) is 0. The quantitative estimate of drug-likeness (QED) is 0.704. The molecule has 0 saturated carbocycles. The predicted molar refractivity (Wildman–Crippen MR) is 71.0 cm³/mol. The van der Waals surface area contributed by atoms with Crippen molar-refractivity contribution in [2.45, 2.75) is 19.8 Å². The van der Waals surface area contributed by atoms with Crippen LogP contribution in [0.15, 0.2) is 24.3 Å². The minimum absolute atomic E-state index is 0.0786. The van der Waals surface area contributed by atoms with Gasteiger partial charge in [0.1, 0.15) is 0 Å². The number of hydrogen-bond acceptors (Lipinski definition) is 3. The van der Waals surface area contributed by atoms with Crippen molar-refractivity contribution in [1.82, 2.24) is 0 Å². The molecule has 0 aliphatic heterocycles. The molecule has 2 amide bonds. The van der Waals surface area contributed by atoms with Crippen LogP contribution >= 0.6 is 0 Å². The molecule has 0 aliphatic rings. The Morgan fingerprint density at radius 2 is 2.11 bits per heavy atom. The summed E-state index contributed by atoms with van der Waals surface area (Å²) in [6.07, 6.45) is 1.56. The SMILES string of the molecule is CC(CCCN)C(=O)Nc1cccc(C(N)=O)c1. The van der Waals surface area contributed by atoms with Gasteiger partial charge in [-0.3, -0.25) is 9.59 Å². The third kappa shape index (κ3) is 4.18. The third-order valence-electron chi connectivity index (χ3n) is 2.70. The summed E-state index contributed by atoms with van der Waals surface area (Å²) in [5.41, 5.74) is 11.5. The van der Waals surface area contributed by atoms with Gasteiger partial charge < -0.3 is 16.8 Å². The molecule has 0 spiro atoms. The monoisotopic (exact) mass is 249 g/mol. The first-order valence-corrected chi connectivity index (χ1v) is 5.95. The smallest absolute Gasteiger partial charge is 0.248 e. The normalized spacial score (nSPS) is 11.9. The Bertz CT molecular complexity index is 432. The van der Waals surface area contributed by atoms with Crippen LogP contribution in [0.4, 0.5) is 5.69 Å². The Labute approximate surface area is 107 Å². The van der Waals surface area contributed by atoms with Gasteiger partial charge in [-0.25, -0.2) is 0 Å². The van der Waals surface area contributed by atoms with Crippen molar-refractivity contribution < 1.29 is 9.59 Å². The van der Waals surface area contributed by atoms with E-state index in [1.807, 2.05) is 6.92 Å². The number of rotatable bonds is 6. The minimum atomic E-state index is -0.512. The first-order chi connectivity index (χ1) is 8.54. The van der Waals surface area contributed by atoms with Crippen molar-refractivity contribution in [3.05, 3.63) is 29.8 Å². The summed E-state index contributed by atoms with van der Waals surface area (Å²) in [5, 5.41) is 2.76. The highest BCUT2D eigenvalue weighted by molar-refractivity contribution is 5.96. The zero-order valence-corrected chi connectivity index (χ0v) is 10.5. The van der Waals surface area contributed by atoms with Crippen LogP contribution in [0.2, 0.25) is 0 Å². The topological polar surface area (TPSA) is 98.2 Å². The number of benzene rings is 1. The molecule has 0 fully saturated rings. The maximum absolute atomic E-state index is 11.8. The summed E-state index contributed by atoms with van der Waals surface area (Å²) in [6.45, 7) is 2.43. The molecule has 1 rings (SSSR count). The number of anilines is 1. The maximum atomic E-state index is 11.8. The van der Waals surface area contributed by atoms with Crippen molar-refractivity contribution in [3.8, 4) is 0 Å². The lowest BCUT2D eigenvalue weighted by molar-refractivity contribution is -0.119. The Balaban J connectivity index is 2.64. The molecule has 5 heteroatoms. The third-order valence-corrected chi connectivity index (χ3v) is 2.70. The molecule has 1 aromatic carbocycles. The summed E-state index contributed by atoms with van der Waals surface area (Å²) >= 11 is 0. The van der Waals surface area contributed by atoms with Crippen molar-refractivity contribution in [2.75, 3.05) is 11.9 Å². The fraction of sp³-hybridized carbons (Fsp3) is 0.385. The lowest BCUT2D eigenvalue weighted by Gasteiger charge is -2.12. The standard InChI is InChI=1S/C13H19N3O2/c1-9(4-3-7-14)13(18)16-11-6-2-5-10(8-11)12(15)17/h2,5-6,8-9H,3-4,7,14H2,1H3,(H2,15,17)(H,16,18). The van der Waals surface area contributed by atoms with Gasteiger partial charge in [-0.2, -0.15) is 0 Å². The van der Waals surface area contributed by atoms with E-state index in [0.29, 0.717) is 17.8 Å². The van der Waals surface area contributed by atoms with E-state index in [-0.39, 0.29) is 11.8 Å². The zero-order valence-electron chi connectivity index (χ0n) is 10.5. The number of primary amides is 1. The van der Waals surface area contributed by atoms with Gasteiger partial charge in [0.2, 0.25) is 11.8 Å². The number of carbonyl (C=O) groups is 2. The average Bonchev–Trinajstić information content (AvgIpc) is 2.36. The fourth-order valence-corrected chi connectivity index (χ4v) is 1.57. The first kappa shape index (κ1) is 14.2. The Morgan fingerprint density at radius 3 is 2.72 bits per heavy atom. The molecule has 1 atom stereocenters. The van der Waals surface area contributed by atoms with Gasteiger partial charge in [-0.1, -0.05) is 13.0 Å². The van der Waals surface area contributed by atoms with Crippen molar-refractivity contribution in [3.63, 3.8) is 0 Å². The molecule has 0 heterocycles. The van der Waals surface area contributed by atoms with Crippen LogP contribution in [0.3, 0.4) is 0 Å². The van der Waals surface area contributed by atoms with E-state index in [1.54, 1.807) is 24.3 Å². The van der Waals surface area contributed by atoms with Crippen LogP contribution in [0, 0.1) is 5.92 Å². The van der Waals surface area contributed by atoms with E-state index in [9.17, 15) is 9.59 Å². The summed E-state index contributed by atoms with van der Waals surface area (Å²) in [4.78, 5) is 22.8. The molecule has 98 valence electrons. The van der Waals surface area contributed by atoms with E-state index in [2.05, 4.69) is 5.32 Å². The second-order valence-corrected chi connectivity index (χ2v) is 4.27. The van der Waals surface area contributed by atoms with Gasteiger partial charge in [0.25, 0.3) is 0 Å². The lowest BCUT2D eigenvalue weighted by Crippen LogP contribution is -2.21. The second-order valence-electron chi connectivity index (χ2n) is 4.27.